The van der Waals surface area contributed by atoms with E-state index in [0.717, 1.165) is 21.9 Å². The Hall–Kier alpha value is -3.02. The Labute approximate surface area is 139 Å². The van der Waals surface area contributed by atoms with Crippen molar-refractivity contribution >= 4 is 34.3 Å². The first-order valence-electron chi connectivity index (χ1n) is 7.61. The zero-order valence-electron chi connectivity index (χ0n) is 13.9. The third-order valence-corrected chi connectivity index (χ3v) is 4.77. The molecule has 0 N–H and O–H groups in total. The lowest BCUT2D eigenvalue weighted by Gasteiger charge is -2.32. The fourth-order valence-electron chi connectivity index (χ4n) is 3.68. The van der Waals surface area contributed by atoms with Crippen molar-refractivity contribution in [2.45, 2.75) is 0 Å². The molecule has 0 saturated heterocycles. The summed E-state index contributed by atoms with van der Waals surface area (Å²) in [5.41, 5.74) is 2.91. The lowest BCUT2D eigenvalue weighted by molar-refractivity contribution is 0.0859. The van der Waals surface area contributed by atoms with Gasteiger partial charge in [-0.2, -0.15) is 0 Å². The van der Waals surface area contributed by atoms with Gasteiger partial charge in [-0.15, -0.1) is 0 Å². The Morgan fingerprint density at radius 1 is 0.667 bits per heavy atom. The van der Waals surface area contributed by atoms with Crippen molar-refractivity contribution in [1.29, 1.82) is 0 Å². The first-order chi connectivity index (χ1) is 11.5. The van der Waals surface area contributed by atoms with Crippen LogP contribution in [-0.4, -0.2) is 61.5 Å². The second kappa shape index (κ2) is 4.74. The molecule has 0 unspecified atom stereocenters. The molecule has 2 heterocycles. The van der Waals surface area contributed by atoms with Crippen molar-refractivity contribution < 1.29 is 9.59 Å². The minimum absolute atomic E-state index is 0.117. The van der Waals surface area contributed by atoms with E-state index in [2.05, 4.69) is 9.98 Å². The van der Waals surface area contributed by atoms with Crippen LogP contribution in [0.5, 0.6) is 0 Å². The molecule has 0 spiro atoms. The fraction of sp³-hybridized carbons (Fsp3) is 0.222. The van der Waals surface area contributed by atoms with Gasteiger partial charge < -0.3 is 0 Å². The quantitative estimate of drug-likeness (QED) is 0.742. The summed E-state index contributed by atoms with van der Waals surface area (Å²) in [4.78, 5) is 37.1. The second-order valence-corrected chi connectivity index (χ2v) is 5.89. The van der Waals surface area contributed by atoms with Crippen molar-refractivity contribution in [3.05, 3.63) is 46.5 Å². The van der Waals surface area contributed by atoms with Crippen molar-refractivity contribution in [1.82, 2.24) is 9.80 Å². The van der Waals surface area contributed by atoms with Gasteiger partial charge in [0.1, 0.15) is 11.7 Å². The van der Waals surface area contributed by atoms with Crippen LogP contribution in [-0.2, 0) is 0 Å². The van der Waals surface area contributed by atoms with Gasteiger partial charge in [0.25, 0.3) is 11.8 Å². The maximum Gasteiger partial charge on any atom is 0.259 e. The number of carbonyl (C=O) groups excluding carboxylic acids is 2. The van der Waals surface area contributed by atoms with E-state index in [1.54, 1.807) is 38.0 Å². The lowest BCUT2D eigenvalue weighted by Crippen LogP contribution is -2.41. The van der Waals surface area contributed by atoms with E-state index >= 15 is 0 Å². The van der Waals surface area contributed by atoms with Gasteiger partial charge in [0.05, 0.1) is 0 Å². The molecular formula is C18H16N4O2. The topological polar surface area (TPSA) is 65.3 Å². The number of carbonyl (C=O) groups is 2. The first kappa shape index (κ1) is 14.6. The van der Waals surface area contributed by atoms with Gasteiger partial charge in [-0.3, -0.25) is 29.4 Å². The Balaban J connectivity index is 2.23. The predicted octanol–water partition coefficient (Wildman–Crippen LogP) is 1.76. The number of amides is 2. The number of rotatable bonds is 0. The van der Waals surface area contributed by atoms with Crippen LogP contribution < -0.4 is 0 Å². The largest absolute Gasteiger partial charge is 0.296 e. The maximum absolute atomic E-state index is 12.7. The summed E-state index contributed by atoms with van der Waals surface area (Å²) < 4.78 is 0. The van der Waals surface area contributed by atoms with Crippen LogP contribution in [0, 0.1) is 0 Å². The number of aliphatic imine (C=N–C) groups is 2. The SMILES string of the molecule is C/N=C1/c2ccc3c4c(ccc(c24)C(=O)N1C)/C(=N/C)N(C)C3=O. The minimum Gasteiger partial charge on any atom is -0.296 e. The van der Waals surface area contributed by atoms with Crippen molar-refractivity contribution in [3.8, 4) is 0 Å². The van der Waals surface area contributed by atoms with Crippen molar-refractivity contribution in [2.75, 3.05) is 28.2 Å². The number of amidine groups is 2. The normalized spacial score (nSPS) is 19.8. The smallest absolute Gasteiger partial charge is 0.259 e. The van der Waals surface area contributed by atoms with Crippen LogP contribution in [0.4, 0.5) is 0 Å². The van der Waals surface area contributed by atoms with Gasteiger partial charge in [0, 0.05) is 61.2 Å². The van der Waals surface area contributed by atoms with E-state index < -0.39 is 0 Å². The third-order valence-electron chi connectivity index (χ3n) is 4.77. The molecular weight excluding hydrogens is 304 g/mol. The summed E-state index contributed by atoms with van der Waals surface area (Å²) in [6.45, 7) is 0. The van der Waals surface area contributed by atoms with E-state index in [1.165, 1.54) is 0 Å². The number of hydrogen-bond acceptors (Lipinski definition) is 4. The van der Waals surface area contributed by atoms with Crippen molar-refractivity contribution in [2.24, 2.45) is 9.98 Å². The Morgan fingerprint density at radius 3 is 1.33 bits per heavy atom. The zero-order chi connectivity index (χ0) is 17.2. The molecule has 6 heteroatoms. The summed E-state index contributed by atoms with van der Waals surface area (Å²) >= 11 is 0. The molecule has 2 aromatic rings. The van der Waals surface area contributed by atoms with Crippen LogP contribution in [0.1, 0.15) is 31.8 Å². The molecule has 2 aliphatic heterocycles. The average molecular weight is 320 g/mol. The molecule has 120 valence electrons. The molecule has 0 saturated carbocycles. The number of nitrogens with zero attached hydrogens (tertiary/aromatic N) is 4. The van der Waals surface area contributed by atoms with Gasteiger partial charge in [-0.05, 0) is 24.3 Å². The zero-order valence-corrected chi connectivity index (χ0v) is 13.9. The fourth-order valence-corrected chi connectivity index (χ4v) is 3.68. The van der Waals surface area contributed by atoms with E-state index in [9.17, 15) is 9.59 Å². The summed E-state index contributed by atoms with van der Waals surface area (Å²) in [5.74, 6) is 0.983. The van der Waals surface area contributed by atoms with Crippen molar-refractivity contribution in [3.63, 3.8) is 0 Å². The van der Waals surface area contributed by atoms with Gasteiger partial charge in [-0.1, -0.05) is 0 Å². The molecule has 2 aromatic carbocycles. The molecule has 0 atom stereocenters. The summed E-state index contributed by atoms with van der Waals surface area (Å²) in [6, 6.07) is 7.36. The molecule has 0 aromatic heterocycles. The van der Waals surface area contributed by atoms with Gasteiger partial charge in [0.2, 0.25) is 0 Å². The first-order valence-corrected chi connectivity index (χ1v) is 7.61. The van der Waals surface area contributed by atoms with Crippen LogP contribution >= 0.6 is 0 Å². The molecule has 0 aliphatic carbocycles. The predicted molar refractivity (Wildman–Crippen MR) is 93.1 cm³/mol. The van der Waals surface area contributed by atoms with E-state index in [1.807, 2.05) is 24.3 Å². The molecule has 0 radical (unpaired) electrons. The summed E-state index contributed by atoms with van der Waals surface area (Å²) in [5, 5.41) is 1.58. The van der Waals surface area contributed by atoms with Crippen LogP contribution in [0.15, 0.2) is 34.3 Å². The number of hydrogen-bond donors (Lipinski definition) is 0. The highest BCUT2D eigenvalue weighted by Gasteiger charge is 2.35. The average Bonchev–Trinajstić information content (AvgIpc) is 2.59. The van der Waals surface area contributed by atoms with E-state index in [0.29, 0.717) is 22.8 Å². The highest BCUT2D eigenvalue weighted by Crippen LogP contribution is 2.37. The van der Waals surface area contributed by atoms with Gasteiger partial charge in [0.15, 0.2) is 0 Å². The van der Waals surface area contributed by atoms with Crippen LogP contribution in [0.3, 0.4) is 0 Å². The molecule has 6 nitrogen and oxygen atoms in total. The van der Waals surface area contributed by atoms with Gasteiger partial charge >= 0.3 is 0 Å². The Bertz CT molecular complexity index is 922. The Kier molecular flexibility index (Phi) is 2.87. The number of benzene rings is 2. The molecule has 2 aliphatic rings. The molecule has 0 fully saturated rings. The third kappa shape index (κ3) is 1.55. The van der Waals surface area contributed by atoms with E-state index in [4.69, 9.17) is 0 Å². The monoisotopic (exact) mass is 320 g/mol. The lowest BCUT2D eigenvalue weighted by atomic mass is 9.86. The highest BCUT2D eigenvalue weighted by molar-refractivity contribution is 6.34. The second-order valence-electron chi connectivity index (χ2n) is 5.89. The Morgan fingerprint density at radius 2 is 1.00 bits per heavy atom. The highest BCUT2D eigenvalue weighted by atomic mass is 16.2. The maximum atomic E-state index is 12.7. The molecule has 4 rings (SSSR count). The molecule has 0 bridgehead atoms. The van der Waals surface area contributed by atoms with Crippen LogP contribution in [0.2, 0.25) is 0 Å². The minimum atomic E-state index is -0.117. The standard InChI is InChI=1S/C18H16N4O2/c1-19-15-9-5-7-12-14-10(16(20-2)22(4)18(12)24)6-8-11(13(9)14)17(23)21(15)3/h5-8H,1-4H3/b19-15-,20-16-. The van der Waals surface area contributed by atoms with E-state index in [-0.39, 0.29) is 11.8 Å². The van der Waals surface area contributed by atoms with Gasteiger partial charge in [-0.25, -0.2) is 0 Å². The van der Waals surface area contributed by atoms with Crippen LogP contribution in [0.25, 0.3) is 10.8 Å². The summed E-state index contributed by atoms with van der Waals surface area (Å²) in [7, 11) is 6.75. The summed E-state index contributed by atoms with van der Waals surface area (Å²) in [6.07, 6.45) is 0. The molecule has 24 heavy (non-hydrogen) atoms. The molecule has 2 amide bonds.